The Morgan fingerprint density at radius 1 is 1.45 bits per heavy atom. The smallest absolute Gasteiger partial charge is 0.301 e. The average molecular weight is 291 g/mol. The standard InChI is InChI=1S/C14H17N3O2S/c1-10(7-9-20-2)16-13-6-5-12-11(4-3-8-15-12)14(13)17(18)19/h3-6,8,10,16H,7,9H2,1-2H3. The van der Waals surface area contributed by atoms with E-state index in [1.165, 1.54) is 0 Å². The molecule has 1 aromatic heterocycles. The largest absolute Gasteiger partial charge is 0.377 e. The van der Waals surface area contributed by atoms with Crippen LogP contribution in [0.3, 0.4) is 0 Å². The van der Waals surface area contributed by atoms with Crippen LogP contribution in [0.25, 0.3) is 10.9 Å². The van der Waals surface area contributed by atoms with Crippen molar-refractivity contribution in [1.82, 2.24) is 4.98 Å². The number of nitro benzene ring substituents is 1. The molecule has 0 spiro atoms. The maximum Gasteiger partial charge on any atom is 0.301 e. The fourth-order valence-corrected chi connectivity index (χ4v) is 2.67. The minimum Gasteiger partial charge on any atom is -0.377 e. The first kappa shape index (κ1) is 14.6. The number of hydrogen-bond donors (Lipinski definition) is 1. The van der Waals surface area contributed by atoms with Gasteiger partial charge in [-0.05, 0) is 49.6 Å². The molecule has 0 radical (unpaired) electrons. The zero-order chi connectivity index (χ0) is 14.5. The monoisotopic (exact) mass is 291 g/mol. The van der Waals surface area contributed by atoms with Crippen LogP contribution in [0.2, 0.25) is 0 Å². The van der Waals surface area contributed by atoms with Gasteiger partial charge in [-0.25, -0.2) is 0 Å². The first-order valence-corrected chi connectivity index (χ1v) is 7.80. The lowest BCUT2D eigenvalue weighted by Gasteiger charge is -2.15. The third kappa shape index (κ3) is 3.19. The van der Waals surface area contributed by atoms with Crippen LogP contribution in [0, 0.1) is 10.1 Å². The second kappa shape index (κ2) is 6.56. The molecule has 2 aromatic rings. The Balaban J connectivity index is 2.37. The summed E-state index contributed by atoms with van der Waals surface area (Å²) in [4.78, 5) is 15.2. The fraction of sp³-hybridized carbons (Fsp3) is 0.357. The molecular formula is C14H17N3O2S. The molecule has 20 heavy (non-hydrogen) atoms. The van der Waals surface area contributed by atoms with Gasteiger partial charge >= 0.3 is 5.69 Å². The van der Waals surface area contributed by atoms with Gasteiger partial charge in [0.25, 0.3) is 0 Å². The number of thioether (sulfide) groups is 1. The third-order valence-electron chi connectivity index (χ3n) is 3.10. The van der Waals surface area contributed by atoms with Crippen molar-refractivity contribution in [2.24, 2.45) is 0 Å². The molecule has 5 nitrogen and oxygen atoms in total. The van der Waals surface area contributed by atoms with Gasteiger partial charge in [-0.1, -0.05) is 0 Å². The van der Waals surface area contributed by atoms with E-state index in [4.69, 9.17) is 0 Å². The lowest BCUT2D eigenvalue weighted by atomic mass is 10.1. The van der Waals surface area contributed by atoms with Crippen LogP contribution in [0.4, 0.5) is 11.4 Å². The van der Waals surface area contributed by atoms with Gasteiger partial charge in [0.15, 0.2) is 0 Å². The molecule has 1 atom stereocenters. The van der Waals surface area contributed by atoms with Gasteiger partial charge in [0.1, 0.15) is 5.69 Å². The summed E-state index contributed by atoms with van der Waals surface area (Å²) in [5, 5.41) is 15.2. The molecule has 0 aliphatic carbocycles. The molecule has 1 heterocycles. The lowest BCUT2D eigenvalue weighted by Crippen LogP contribution is -2.16. The number of aromatic nitrogens is 1. The Morgan fingerprint density at radius 2 is 2.25 bits per heavy atom. The van der Waals surface area contributed by atoms with Crippen molar-refractivity contribution in [2.75, 3.05) is 17.3 Å². The summed E-state index contributed by atoms with van der Waals surface area (Å²) < 4.78 is 0. The Morgan fingerprint density at radius 3 is 2.95 bits per heavy atom. The maximum absolute atomic E-state index is 11.4. The molecule has 0 aliphatic rings. The van der Waals surface area contributed by atoms with Crippen molar-refractivity contribution < 1.29 is 4.92 Å². The number of anilines is 1. The van der Waals surface area contributed by atoms with Crippen LogP contribution < -0.4 is 5.32 Å². The van der Waals surface area contributed by atoms with Crippen molar-refractivity contribution >= 4 is 34.0 Å². The molecule has 0 amide bonds. The number of hydrogen-bond acceptors (Lipinski definition) is 5. The minimum absolute atomic E-state index is 0.103. The van der Waals surface area contributed by atoms with E-state index >= 15 is 0 Å². The predicted molar refractivity (Wildman–Crippen MR) is 84.5 cm³/mol. The molecular weight excluding hydrogens is 274 g/mol. The zero-order valence-corrected chi connectivity index (χ0v) is 12.3. The molecule has 2 rings (SSSR count). The topological polar surface area (TPSA) is 68.1 Å². The normalized spacial score (nSPS) is 12.3. The lowest BCUT2D eigenvalue weighted by molar-refractivity contribution is -0.382. The number of nitrogens with one attached hydrogen (secondary N) is 1. The van der Waals surface area contributed by atoms with E-state index in [9.17, 15) is 10.1 Å². The summed E-state index contributed by atoms with van der Waals surface area (Å²) in [5.41, 5.74) is 1.30. The molecule has 106 valence electrons. The maximum atomic E-state index is 11.4. The number of pyridine rings is 1. The van der Waals surface area contributed by atoms with E-state index < -0.39 is 0 Å². The number of rotatable bonds is 6. The van der Waals surface area contributed by atoms with Crippen LogP contribution in [0.5, 0.6) is 0 Å². The van der Waals surface area contributed by atoms with Gasteiger partial charge in [0, 0.05) is 12.2 Å². The second-order valence-corrected chi connectivity index (χ2v) is 5.60. The molecule has 1 unspecified atom stereocenters. The van der Waals surface area contributed by atoms with Gasteiger partial charge in [-0.15, -0.1) is 0 Å². The molecule has 0 fully saturated rings. The van der Waals surface area contributed by atoms with Crippen LogP contribution in [0.1, 0.15) is 13.3 Å². The van der Waals surface area contributed by atoms with Crippen LogP contribution in [-0.2, 0) is 0 Å². The molecule has 0 saturated heterocycles. The molecule has 0 bridgehead atoms. The summed E-state index contributed by atoms with van der Waals surface area (Å²) in [6.45, 7) is 2.04. The summed E-state index contributed by atoms with van der Waals surface area (Å²) in [5.74, 6) is 1.02. The van der Waals surface area contributed by atoms with Gasteiger partial charge in [0.2, 0.25) is 0 Å². The molecule has 1 aromatic carbocycles. The average Bonchev–Trinajstić information content (AvgIpc) is 2.44. The number of fused-ring (bicyclic) bond motifs is 1. The molecule has 0 saturated carbocycles. The summed E-state index contributed by atoms with van der Waals surface area (Å²) in [6, 6.07) is 7.19. The second-order valence-electron chi connectivity index (χ2n) is 4.62. The van der Waals surface area contributed by atoms with Crippen LogP contribution in [-0.4, -0.2) is 28.0 Å². The third-order valence-corrected chi connectivity index (χ3v) is 3.74. The van der Waals surface area contributed by atoms with E-state index in [1.54, 1.807) is 36.2 Å². The highest BCUT2D eigenvalue weighted by atomic mass is 32.2. The molecule has 1 N–H and O–H groups in total. The fourth-order valence-electron chi connectivity index (χ4n) is 2.08. The number of nitro groups is 1. The van der Waals surface area contributed by atoms with Crippen molar-refractivity contribution in [3.05, 3.63) is 40.6 Å². The van der Waals surface area contributed by atoms with E-state index in [1.807, 2.05) is 13.0 Å². The van der Waals surface area contributed by atoms with Crippen LogP contribution in [0.15, 0.2) is 30.5 Å². The van der Waals surface area contributed by atoms with Crippen LogP contribution >= 0.6 is 11.8 Å². The molecule has 6 heteroatoms. The van der Waals surface area contributed by atoms with Gasteiger partial charge < -0.3 is 5.32 Å². The summed E-state index contributed by atoms with van der Waals surface area (Å²) >= 11 is 1.77. The van der Waals surface area contributed by atoms with E-state index in [0.717, 1.165) is 12.2 Å². The van der Waals surface area contributed by atoms with Crippen molar-refractivity contribution in [1.29, 1.82) is 0 Å². The highest BCUT2D eigenvalue weighted by Gasteiger charge is 2.19. The minimum atomic E-state index is -0.340. The zero-order valence-electron chi connectivity index (χ0n) is 11.5. The Bertz CT molecular complexity index is 618. The SMILES string of the molecule is CSCCC(C)Nc1ccc2ncccc2c1[N+](=O)[O-]. The van der Waals surface area contributed by atoms with Gasteiger partial charge in [-0.3, -0.25) is 15.1 Å². The van der Waals surface area contributed by atoms with Crippen molar-refractivity contribution in [3.8, 4) is 0 Å². The first-order chi connectivity index (χ1) is 9.63. The Kier molecular flexibility index (Phi) is 4.79. The Hall–Kier alpha value is -1.82. The van der Waals surface area contributed by atoms with Gasteiger partial charge in [0.05, 0.1) is 15.8 Å². The number of benzene rings is 1. The quantitative estimate of drug-likeness (QED) is 0.649. The van der Waals surface area contributed by atoms with Gasteiger partial charge in [-0.2, -0.15) is 11.8 Å². The van der Waals surface area contributed by atoms with Crippen molar-refractivity contribution in [3.63, 3.8) is 0 Å². The van der Waals surface area contributed by atoms with E-state index in [0.29, 0.717) is 16.6 Å². The predicted octanol–water partition coefficient (Wildman–Crippen LogP) is 3.70. The number of nitrogens with zero attached hydrogens (tertiary/aromatic N) is 2. The Labute approximate surface area is 121 Å². The first-order valence-electron chi connectivity index (χ1n) is 6.41. The van der Waals surface area contributed by atoms with E-state index in [-0.39, 0.29) is 16.7 Å². The summed E-state index contributed by atoms with van der Waals surface area (Å²) in [6.07, 6.45) is 4.65. The highest BCUT2D eigenvalue weighted by molar-refractivity contribution is 7.98. The molecule has 0 aliphatic heterocycles. The highest BCUT2D eigenvalue weighted by Crippen LogP contribution is 2.33. The van der Waals surface area contributed by atoms with Crippen molar-refractivity contribution in [2.45, 2.75) is 19.4 Å². The van der Waals surface area contributed by atoms with E-state index in [2.05, 4.69) is 16.6 Å². The summed E-state index contributed by atoms with van der Waals surface area (Å²) in [7, 11) is 0.